The first-order valence-electron chi connectivity index (χ1n) is 8.47. The van der Waals surface area contributed by atoms with E-state index in [-0.39, 0.29) is 30.2 Å². The van der Waals surface area contributed by atoms with Gasteiger partial charge in [-0.2, -0.15) is 0 Å². The quantitative estimate of drug-likeness (QED) is 0.803. The van der Waals surface area contributed by atoms with Gasteiger partial charge in [-0.1, -0.05) is 25.4 Å². The molecule has 0 aromatic heterocycles. The second kappa shape index (κ2) is 8.43. The second-order valence-corrected chi connectivity index (χ2v) is 6.49. The summed E-state index contributed by atoms with van der Waals surface area (Å²) in [5, 5.41) is 3.40. The molecule has 0 radical (unpaired) electrons. The third kappa shape index (κ3) is 4.18. The molecule has 1 unspecified atom stereocenters. The summed E-state index contributed by atoms with van der Waals surface area (Å²) >= 11 is 6.19. The number of benzene rings is 1. The third-order valence-electron chi connectivity index (χ3n) is 4.57. The Morgan fingerprint density at radius 1 is 1.28 bits per heavy atom. The lowest BCUT2D eigenvalue weighted by Crippen LogP contribution is -2.39. The van der Waals surface area contributed by atoms with Crippen LogP contribution in [0.3, 0.4) is 0 Å². The summed E-state index contributed by atoms with van der Waals surface area (Å²) in [7, 11) is 3.03. The van der Waals surface area contributed by atoms with Crippen LogP contribution in [0.2, 0.25) is 5.02 Å². The Bertz CT molecular complexity index is 646. The van der Waals surface area contributed by atoms with Crippen molar-refractivity contribution in [1.82, 2.24) is 5.32 Å². The molecule has 2 amide bonds. The molecule has 1 saturated heterocycles. The Hall–Kier alpha value is -1.95. The number of hydrogen-bond donors (Lipinski definition) is 1. The molecule has 1 heterocycles. The van der Waals surface area contributed by atoms with Gasteiger partial charge in [-0.05, 0) is 18.9 Å². The van der Waals surface area contributed by atoms with E-state index in [1.54, 1.807) is 17.0 Å². The highest BCUT2D eigenvalue weighted by Gasteiger charge is 2.37. The van der Waals surface area contributed by atoms with Gasteiger partial charge in [0.2, 0.25) is 11.8 Å². The summed E-state index contributed by atoms with van der Waals surface area (Å²) in [5.74, 6) is 0.374. The van der Waals surface area contributed by atoms with Crippen molar-refractivity contribution in [2.75, 3.05) is 25.7 Å². The van der Waals surface area contributed by atoms with Crippen LogP contribution in [0.5, 0.6) is 11.5 Å². The number of anilines is 1. The maximum Gasteiger partial charge on any atom is 0.227 e. The van der Waals surface area contributed by atoms with Gasteiger partial charge in [0.05, 0.1) is 30.8 Å². The van der Waals surface area contributed by atoms with Gasteiger partial charge in [0.25, 0.3) is 0 Å². The molecule has 0 aliphatic carbocycles. The van der Waals surface area contributed by atoms with Gasteiger partial charge < -0.3 is 19.7 Å². The molecular formula is C18H25ClN2O4. The number of hydrogen-bond acceptors (Lipinski definition) is 4. The molecule has 1 N–H and O–H groups in total. The van der Waals surface area contributed by atoms with Crippen molar-refractivity contribution in [1.29, 1.82) is 0 Å². The summed E-state index contributed by atoms with van der Waals surface area (Å²) in [6.45, 7) is 4.37. The van der Waals surface area contributed by atoms with Crippen LogP contribution >= 0.6 is 11.6 Å². The van der Waals surface area contributed by atoms with E-state index in [2.05, 4.69) is 5.32 Å². The molecule has 7 heteroatoms. The topological polar surface area (TPSA) is 67.9 Å². The van der Waals surface area contributed by atoms with Crippen molar-refractivity contribution in [3.8, 4) is 11.5 Å². The highest BCUT2D eigenvalue weighted by atomic mass is 35.5. The van der Waals surface area contributed by atoms with E-state index in [4.69, 9.17) is 21.1 Å². The molecule has 6 nitrogen and oxygen atoms in total. The van der Waals surface area contributed by atoms with Crippen LogP contribution in [0.25, 0.3) is 0 Å². The van der Waals surface area contributed by atoms with E-state index in [1.165, 1.54) is 14.2 Å². The lowest BCUT2D eigenvalue weighted by molar-refractivity contribution is -0.127. The second-order valence-electron chi connectivity index (χ2n) is 6.09. The van der Waals surface area contributed by atoms with Gasteiger partial charge in [-0.25, -0.2) is 0 Å². The molecule has 2 rings (SSSR count). The van der Waals surface area contributed by atoms with Crippen molar-refractivity contribution in [2.45, 2.75) is 39.2 Å². The van der Waals surface area contributed by atoms with Crippen LogP contribution in [0.15, 0.2) is 12.1 Å². The first-order chi connectivity index (χ1) is 11.9. The van der Waals surface area contributed by atoms with Gasteiger partial charge in [-0.15, -0.1) is 0 Å². The molecule has 25 heavy (non-hydrogen) atoms. The molecule has 0 saturated carbocycles. The number of nitrogens with zero attached hydrogens (tertiary/aromatic N) is 1. The number of methoxy groups -OCH3 is 2. The highest BCUT2D eigenvalue weighted by molar-refractivity contribution is 6.32. The number of nitrogens with one attached hydrogen (secondary N) is 1. The number of carbonyl (C=O) groups is 2. The summed E-state index contributed by atoms with van der Waals surface area (Å²) < 4.78 is 10.5. The first kappa shape index (κ1) is 19.4. The van der Waals surface area contributed by atoms with Crippen molar-refractivity contribution < 1.29 is 19.1 Å². The van der Waals surface area contributed by atoms with Crippen molar-refractivity contribution in [3.05, 3.63) is 17.2 Å². The Kier molecular flexibility index (Phi) is 6.53. The number of ether oxygens (including phenoxy) is 2. The minimum atomic E-state index is -0.376. The Morgan fingerprint density at radius 2 is 1.92 bits per heavy atom. The standard InChI is InChI=1S/C18H25ClN2O4/c1-5-12(6-2)20-18(23)11-7-17(22)21(10-11)14-8-13(19)15(24-3)9-16(14)25-4/h8-9,11-12H,5-7,10H2,1-4H3,(H,20,23). The monoisotopic (exact) mass is 368 g/mol. The Labute approximate surface area is 153 Å². The molecule has 0 spiro atoms. The molecule has 1 aromatic rings. The van der Waals surface area contributed by atoms with E-state index in [9.17, 15) is 9.59 Å². The zero-order chi connectivity index (χ0) is 18.6. The summed E-state index contributed by atoms with van der Waals surface area (Å²) in [4.78, 5) is 26.5. The SMILES string of the molecule is CCC(CC)NC(=O)C1CC(=O)N(c2cc(Cl)c(OC)cc2OC)C1. The maximum atomic E-state index is 12.5. The van der Waals surface area contributed by atoms with Gasteiger partial charge in [0, 0.05) is 25.1 Å². The predicted octanol–water partition coefficient (Wildman–Crippen LogP) is 3.01. The fourth-order valence-electron chi connectivity index (χ4n) is 2.98. The summed E-state index contributed by atoms with van der Waals surface area (Å²) in [6.07, 6.45) is 1.92. The van der Waals surface area contributed by atoms with E-state index < -0.39 is 0 Å². The van der Waals surface area contributed by atoms with Crippen LogP contribution in [-0.4, -0.2) is 38.6 Å². The van der Waals surface area contributed by atoms with E-state index in [0.29, 0.717) is 28.8 Å². The van der Waals surface area contributed by atoms with Crippen molar-refractivity contribution in [3.63, 3.8) is 0 Å². The highest BCUT2D eigenvalue weighted by Crippen LogP contribution is 2.40. The largest absolute Gasteiger partial charge is 0.495 e. The van der Waals surface area contributed by atoms with E-state index in [0.717, 1.165) is 12.8 Å². The predicted molar refractivity (Wildman–Crippen MR) is 97.5 cm³/mol. The molecule has 0 bridgehead atoms. The van der Waals surface area contributed by atoms with Crippen LogP contribution in [0, 0.1) is 5.92 Å². The molecule has 138 valence electrons. The Balaban J connectivity index is 2.20. The number of rotatable bonds is 7. The van der Waals surface area contributed by atoms with Crippen LogP contribution in [0.4, 0.5) is 5.69 Å². The summed E-state index contributed by atoms with van der Waals surface area (Å²) in [5.41, 5.74) is 0.552. The zero-order valence-corrected chi connectivity index (χ0v) is 15.9. The van der Waals surface area contributed by atoms with Gasteiger partial charge in [0.1, 0.15) is 11.5 Å². The van der Waals surface area contributed by atoms with Gasteiger partial charge >= 0.3 is 0 Å². The molecule has 1 aromatic carbocycles. The van der Waals surface area contributed by atoms with E-state index in [1.807, 2.05) is 13.8 Å². The number of amides is 2. The minimum absolute atomic E-state index is 0.0804. The first-order valence-corrected chi connectivity index (χ1v) is 8.85. The number of carbonyl (C=O) groups excluding carboxylic acids is 2. The van der Waals surface area contributed by atoms with E-state index >= 15 is 0 Å². The van der Waals surface area contributed by atoms with Crippen molar-refractivity contribution >= 4 is 29.1 Å². The van der Waals surface area contributed by atoms with Gasteiger partial charge in [-0.3, -0.25) is 9.59 Å². The van der Waals surface area contributed by atoms with Crippen molar-refractivity contribution in [2.24, 2.45) is 5.92 Å². The minimum Gasteiger partial charge on any atom is -0.495 e. The molecule has 1 fully saturated rings. The maximum absolute atomic E-state index is 12.5. The smallest absolute Gasteiger partial charge is 0.227 e. The average Bonchev–Trinajstić information content (AvgIpc) is 3.00. The normalized spacial score (nSPS) is 17.1. The third-order valence-corrected chi connectivity index (χ3v) is 4.87. The fourth-order valence-corrected chi connectivity index (χ4v) is 3.22. The molecule has 1 aliphatic heterocycles. The molecule has 1 aliphatic rings. The van der Waals surface area contributed by atoms with Crippen LogP contribution < -0.4 is 19.7 Å². The fraction of sp³-hybridized carbons (Fsp3) is 0.556. The van der Waals surface area contributed by atoms with Gasteiger partial charge in [0.15, 0.2) is 0 Å². The number of halogens is 1. The molecular weight excluding hydrogens is 344 g/mol. The molecule has 1 atom stereocenters. The van der Waals surface area contributed by atoms with Crippen LogP contribution in [0.1, 0.15) is 33.1 Å². The van der Waals surface area contributed by atoms with Crippen LogP contribution in [-0.2, 0) is 9.59 Å². The lowest BCUT2D eigenvalue weighted by Gasteiger charge is -2.21. The zero-order valence-electron chi connectivity index (χ0n) is 15.1. The summed E-state index contributed by atoms with van der Waals surface area (Å²) in [6, 6.07) is 3.42. The lowest BCUT2D eigenvalue weighted by atomic mass is 10.1. The Morgan fingerprint density at radius 3 is 2.48 bits per heavy atom. The average molecular weight is 369 g/mol.